The third-order valence-electron chi connectivity index (χ3n) is 6.93. The normalized spacial score (nSPS) is 23.0. The Balaban J connectivity index is 1.35. The highest BCUT2D eigenvalue weighted by atomic mass is 35.5. The number of nitrogens with one attached hydrogen (secondary N) is 1. The number of anilines is 1. The van der Waals surface area contributed by atoms with E-state index in [1.807, 2.05) is 30.0 Å². The Morgan fingerprint density at radius 2 is 1.97 bits per heavy atom. The minimum atomic E-state index is -0.486. The number of benzene rings is 1. The van der Waals surface area contributed by atoms with Crippen LogP contribution >= 0.6 is 23.4 Å². The quantitative estimate of drug-likeness (QED) is 0.762. The number of hydrogen-bond acceptors (Lipinski definition) is 6. The lowest BCUT2D eigenvalue weighted by molar-refractivity contribution is -0.139. The number of halogens is 1. The van der Waals surface area contributed by atoms with Crippen LogP contribution in [0.3, 0.4) is 0 Å². The van der Waals surface area contributed by atoms with Crippen LogP contribution < -0.4 is 10.2 Å². The molecule has 3 aliphatic rings. The Morgan fingerprint density at radius 1 is 1.19 bits per heavy atom. The molecule has 0 radical (unpaired) electrons. The molecule has 1 N–H and O–H groups in total. The molecule has 0 aliphatic carbocycles. The van der Waals surface area contributed by atoms with Gasteiger partial charge in [0.2, 0.25) is 5.91 Å². The summed E-state index contributed by atoms with van der Waals surface area (Å²) in [6, 6.07) is 7.88. The lowest BCUT2D eigenvalue weighted by atomic mass is 9.72. The van der Waals surface area contributed by atoms with Crippen LogP contribution in [-0.2, 0) is 16.0 Å². The van der Waals surface area contributed by atoms with Gasteiger partial charge in [-0.15, -0.1) is 11.8 Å². The van der Waals surface area contributed by atoms with E-state index in [9.17, 15) is 4.79 Å². The van der Waals surface area contributed by atoms with Crippen molar-refractivity contribution in [3.8, 4) is 0 Å². The Labute approximate surface area is 192 Å². The van der Waals surface area contributed by atoms with Crippen molar-refractivity contribution in [3.05, 3.63) is 52.4 Å². The van der Waals surface area contributed by atoms with E-state index < -0.39 is 5.41 Å². The standard InChI is InChI=1S/C23H28ClN5OS/c1-16-20-19(14-31-16)26-15-27-21(20)28-9-11-29(12-10-28)22(30)23(5-7-25-8-6-23)17-3-2-4-18(24)13-17/h2-4,13,15-16,25H,5-12,14H2,1H3/t16-/m1/s1. The second-order valence-corrected chi connectivity index (χ2v) is 10.4. The molecule has 1 aromatic heterocycles. The molecule has 0 saturated carbocycles. The van der Waals surface area contributed by atoms with E-state index in [0.717, 1.165) is 74.9 Å². The molecule has 0 bridgehead atoms. The number of fused-ring (bicyclic) bond motifs is 1. The lowest BCUT2D eigenvalue weighted by Crippen LogP contribution is -2.57. The van der Waals surface area contributed by atoms with Crippen molar-refractivity contribution in [1.29, 1.82) is 0 Å². The van der Waals surface area contributed by atoms with Crippen molar-refractivity contribution in [1.82, 2.24) is 20.2 Å². The molecule has 2 aromatic rings. The van der Waals surface area contributed by atoms with Crippen molar-refractivity contribution in [2.24, 2.45) is 0 Å². The van der Waals surface area contributed by atoms with Gasteiger partial charge in [-0.25, -0.2) is 9.97 Å². The summed E-state index contributed by atoms with van der Waals surface area (Å²) in [7, 11) is 0. The fourth-order valence-electron chi connectivity index (χ4n) is 5.18. The maximum absolute atomic E-state index is 13.9. The maximum Gasteiger partial charge on any atom is 0.233 e. The van der Waals surface area contributed by atoms with Crippen LogP contribution in [0.15, 0.2) is 30.6 Å². The summed E-state index contributed by atoms with van der Waals surface area (Å²) in [5, 5.41) is 4.53. The third kappa shape index (κ3) is 3.81. The summed E-state index contributed by atoms with van der Waals surface area (Å²) in [6.45, 7) is 6.97. The molecular weight excluding hydrogens is 430 g/mol. The average Bonchev–Trinajstić information content (AvgIpc) is 3.20. The van der Waals surface area contributed by atoms with Crippen LogP contribution in [-0.4, -0.2) is 60.0 Å². The number of nitrogens with zero attached hydrogens (tertiary/aromatic N) is 4. The molecule has 1 atom stereocenters. The fourth-order valence-corrected chi connectivity index (χ4v) is 6.42. The first-order chi connectivity index (χ1) is 15.1. The number of rotatable bonds is 3. The highest BCUT2D eigenvalue weighted by Gasteiger charge is 2.44. The van der Waals surface area contributed by atoms with Gasteiger partial charge in [-0.05, 0) is 50.6 Å². The number of piperidine rings is 1. The van der Waals surface area contributed by atoms with E-state index in [0.29, 0.717) is 10.3 Å². The largest absolute Gasteiger partial charge is 0.353 e. The zero-order valence-corrected chi connectivity index (χ0v) is 19.4. The Bertz CT molecular complexity index is 972. The topological polar surface area (TPSA) is 61.4 Å². The Kier molecular flexibility index (Phi) is 5.84. The van der Waals surface area contributed by atoms with Gasteiger partial charge in [0.05, 0.1) is 11.1 Å². The van der Waals surface area contributed by atoms with Gasteiger partial charge in [-0.3, -0.25) is 4.79 Å². The molecule has 2 saturated heterocycles. The van der Waals surface area contributed by atoms with E-state index in [-0.39, 0.29) is 5.91 Å². The Morgan fingerprint density at radius 3 is 2.71 bits per heavy atom. The predicted octanol–water partition coefficient (Wildman–Crippen LogP) is 3.41. The molecule has 0 spiro atoms. The highest BCUT2D eigenvalue weighted by molar-refractivity contribution is 7.99. The van der Waals surface area contributed by atoms with Gasteiger partial charge in [-0.2, -0.15) is 0 Å². The van der Waals surface area contributed by atoms with E-state index in [1.165, 1.54) is 5.56 Å². The molecule has 5 rings (SSSR count). The van der Waals surface area contributed by atoms with Crippen LogP contribution in [0.4, 0.5) is 5.82 Å². The molecule has 4 heterocycles. The number of aromatic nitrogens is 2. The van der Waals surface area contributed by atoms with Crippen LogP contribution in [0, 0.1) is 0 Å². The van der Waals surface area contributed by atoms with Crippen molar-refractivity contribution in [2.45, 2.75) is 36.2 Å². The number of carbonyl (C=O) groups is 1. The van der Waals surface area contributed by atoms with Crippen molar-refractivity contribution < 1.29 is 4.79 Å². The molecule has 31 heavy (non-hydrogen) atoms. The number of amides is 1. The SMILES string of the molecule is C[C@H]1SCc2ncnc(N3CCN(C(=O)C4(c5cccc(Cl)c5)CCNCC4)CC3)c21. The number of carbonyl (C=O) groups excluding carboxylic acids is 1. The summed E-state index contributed by atoms with van der Waals surface area (Å²) >= 11 is 8.22. The molecular formula is C23H28ClN5OS. The number of piperazine rings is 1. The summed E-state index contributed by atoms with van der Waals surface area (Å²) in [4.78, 5) is 27.4. The average molecular weight is 458 g/mol. The summed E-state index contributed by atoms with van der Waals surface area (Å²) in [5.74, 6) is 2.26. The molecule has 0 unspecified atom stereocenters. The summed E-state index contributed by atoms with van der Waals surface area (Å²) in [5.41, 5.74) is 3.00. The van der Waals surface area contributed by atoms with Crippen molar-refractivity contribution in [2.75, 3.05) is 44.2 Å². The van der Waals surface area contributed by atoms with Gasteiger partial charge in [0, 0.05) is 47.8 Å². The van der Waals surface area contributed by atoms with Gasteiger partial charge < -0.3 is 15.1 Å². The van der Waals surface area contributed by atoms with Gasteiger partial charge in [0.15, 0.2) is 0 Å². The van der Waals surface area contributed by atoms with Crippen LogP contribution in [0.2, 0.25) is 5.02 Å². The van der Waals surface area contributed by atoms with Crippen LogP contribution in [0.5, 0.6) is 0 Å². The molecule has 1 amide bonds. The second-order valence-electron chi connectivity index (χ2n) is 8.63. The van der Waals surface area contributed by atoms with Gasteiger partial charge in [0.1, 0.15) is 12.1 Å². The molecule has 164 valence electrons. The maximum atomic E-state index is 13.9. The van der Waals surface area contributed by atoms with Crippen LogP contribution in [0.1, 0.15) is 41.8 Å². The number of thioether (sulfide) groups is 1. The lowest BCUT2D eigenvalue weighted by Gasteiger charge is -2.43. The first-order valence-electron chi connectivity index (χ1n) is 11.0. The minimum absolute atomic E-state index is 0.243. The first kappa shape index (κ1) is 21.0. The minimum Gasteiger partial charge on any atom is -0.353 e. The zero-order valence-electron chi connectivity index (χ0n) is 17.8. The molecule has 8 heteroatoms. The summed E-state index contributed by atoms with van der Waals surface area (Å²) < 4.78 is 0. The monoisotopic (exact) mass is 457 g/mol. The third-order valence-corrected chi connectivity index (χ3v) is 8.34. The Hall–Kier alpha value is -1.83. The number of hydrogen-bond donors (Lipinski definition) is 1. The highest BCUT2D eigenvalue weighted by Crippen LogP contribution is 2.44. The predicted molar refractivity (Wildman–Crippen MR) is 126 cm³/mol. The fraction of sp³-hybridized carbons (Fsp3) is 0.522. The molecule has 1 aromatic carbocycles. The van der Waals surface area contributed by atoms with E-state index >= 15 is 0 Å². The summed E-state index contributed by atoms with van der Waals surface area (Å²) in [6.07, 6.45) is 3.30. The van der Waals surface area contributed by atoms with E-state index in [1.54, 1.807) is 6.33 Å². The van der Waals surface area contributed by atoms with Gasteiger partial charge in [-0.1, -0.05) is 23.7 Å². The first-order valence-corrected chi connectivity index (χ1v) is 12.5. The van der Waals surface area contributed by atoms with E-state index in [4.69, 9.17) is 11.6 Å². The molecule has 6 nitrogen and oxygen atoms in total. The van der Waals surface area contributed by atoms with Crippen LogP contribution in [0.25, 0.3) is 0 Å². The smallest absolute Gasteiger partial charge is 0.233 e. The van der Waals surface area contributed by atoms with Gasteiger partial charge in [0.25, 0.3) is 0 Å². The van der Waals surface area contributed by atoms with Gasteiger partial charge >= 0.3 is 0 Å². The zero-order chi connectivity index (χ0) is 21.4. The molecule has 2 fully saturated rings. The van der Waals surface area contributed by atoms with Crippen molar-refractivity contribution in [3.63, 3.8) is 0 Å². The molecule has 3 aliphatic heterocycles. The van der Waals surface area contributed by atoms with E-state index in [2.05, 4.69) is 38.1 Å². The second kappa shape index (κ2) is 8.60. The van der Waals surface area contributed by atoms with Crippen molar-refractivity contribution >= 4 is 35.1 Å².